The molecule has 0 aliphatic heterocycles. The third-order valence-electron chi connectivity index (χ3n) is 3.75. The highest BCUT2D eigenvalue weighted by molar-refractivity contribution is 5.96. The highest BCUT2D eigenvalue weighted by atomic mass is 16.5. The van der Waals surface area contributed by atoms with Crippen molar-refractivity contribution in [3.05, 3.63) is 35.9 Å². The van der Waals surface area contributed by atoms with E-state index in [1.165, 1.54) is 38.8 Å². The fourth-order valence-electron chi connectivity index (χ4n) is 2.36. The van der Waals surface area contributed by atoms with Gasteiger partial charge in [0.05, 0.1) is 0 Å². The lowest BCUT2D eigenvalue weighted by atomic mass is 10.1. The minimum Gasteiger partial charge on any atom is -0.373 e. The van der Waals surface area contributed by atoms with E-state index >= 15 is 0 Å². The number of rotatable bonds is 13. The number of hydrogen-bond acceptors (Lipinski definition) is 3. The van der Waals surface area contributed by atoms with Gasteiger partial charge in [0.1, 0.15) is 6.61 Å². The molecule has 0 unspecified atom stereocenters. The van der Waals surface area contributed by atoms with Crippen molar-refractivity contribution in [2.24, 2.45) is 0 Å². The molecule has 0 heterocycles. The predicted octanol–water partition coefficient (Wildman–Crippen LogP) is 4.18. The molecule has 0 N–H and O–H groups in total. The number of Topliss-reactive ketones (excluding diaryl/α,β-unsaturated/α-hetero) is 1. The number of hydrogen-bond donors (Lipinski definition) is 0. The topological polar surface area (TPSA) is 29.5 Å². The minimum atomic E-state index is 0.0643. The van der Waals surface area contributed by atoms with Crippen LogP contribution in [0.15, 0.2) is 30.3 Å². The van der Waals surface area contributed by atoms with E-state index in [1.54, 1.807) is 0 Å². The third kappa shape index (κ3) is 8.30. The molecule has 0 spiro atoms. The summed E-state index contributed by atoms with van der Waals surface area (Å²) in [7, 11) is 0. The van der Waals surface area contributed by atoms with Gasteiger partial charge in [0, 0.05) is 18.7 Å². The Labute approximate surface area is 135 Å². The predicted molar refractivity (Wildman–Crippen MR) is 92.5 cm³/mol. The molecule has 0 saturated heterocycles. The van der Waals surface area contributed by atoms with Gasteiger partial charge in [0.25, 0.3) is 0 Å². The summed E-state index contributed by atoms with van der Waals surface area (Å²) in [6.07, 6.45) is 6.00. The van der Waals surface area contributed by atoms with Crippen LogP contribution in [0, 0.1) is 0 Å². The standard InChI is InChI=1S/C19H31NO2/c1-3-5-13-20(14-6-4-2)15-10-16-22-17-19(21)18-11-8-7-9-12-18/h7-9,11-12H,3-6,10,13-17H2,1-2H3. The third-order valence-corrected chi connectivity index (χ3v) is 3.75. The van der Waals surface area contributed by atoms with E-state index in [0.29, 0.717) is 6.61 Å². The van der Waals surface area contributed by atoms with Crippen LogP contribution in [-0.4, -0.2) is 43.5 Å². The fourth-order valence-corrected chi connectivity index (χ4v) is 2.36. The van der Waals surface area contributed by atoms with Crippen LogP contribution in [0.5, 0.6) is 0 Å². The van der Waals surface area contributed by atoms with Gasteiger partial charge in [0.2, 0.25) is 0 Å². The Morgan fingerprint density at radius 1 is 0.955 bits per heavy atom. The average molecular weight is 305 g/mol. The summed E-state index contributed by atoms with van der Waals surface area (Å²) in [6, 6.07) is 9.35. The van der Waals surface area contributed by atoms with Gasteiger partial charge in [-0.05, 0) is 32.4 Å². The number of benzene rings is 1. The van der Waals surface area contributed by atoms with Crippen molar-refractivity contribution in [1.82, 2.24) is 4.90 Å². The van der Waals surface area contributed by atoms with E-state index < -0.39 is 0 Å². The Balaban J connectivity index is 2.15. The molecule has 3 nitrogen and oxygen atoms in total. The second-order valence-corrected chi connectivity index (χ2v) is 5.74. The Bertz CT molecular complexity index is 384. The highest BCUT2D eigenvalue weighted by Crippen LogP contribution is 2.02. The van der Waals surface area contributed by atoms with Crippen molar-refractivity contribution in [3.63, 3.8) is 0 Å². The average Bonchev–Trinajstić information content (AvgIpc) is 2.56. The lowest BCUT2D eigenvalue weighted by Gasteiger charge is -2.21. The largest absolute Gasteiger partial charge is 0.373 e. The smallest absolute Gasteiger partial charge is 0.188 e. The normalized spacial score (nSPS) is 11.0. The second kappa shape index (κ2) is 12.4. The van der Waals surface area contributed by atoms with Gasteiger partial charge in [0.15, 0.2) is 5.78 Å². The van der Waals surface area contributed by atoms with Gasteiger partial charge in [-0.2, -0.15) is 0 Å². The van der Waals surface area contributed by atoms with Crippen LogP contribution in [0.1, 0.15) is 56.3 Å². The van der Waals surface area contributed by atoms with E-state index in [4.69, 9.17) is 4.74 Å². The van der Waals surface area contributed by atoms with Crippen molar-refractivity contribution in [2.75, 3.05) is 32.8 Å². The van der Waals surface area contributed by atoms with Crippen LogP contribution in [0.4, 0.5) is 0 Å². The molecule has 0 radical (unpaired) electrons. The quantitative estimate of drug-likeness (QED) is 0.404. The zero-order valence-corrected chi connectivity index (χ0v) is 14.2. The molecular weight excluding hydrogens is 274 g/mol. The van der Waals surface area contributed by atoms with Crippen molar-refractivity contribution in [1.29, 1.82) is 0 Å². The van der Waals surface area contributed by atoms with E-state index in [1.807, 2.05) is 30.3 Å². The van der Waals surface area contributed by atoms with Crippen LogP contribution in [0.3, 0.4) is 0 Å². The number of ether oxygens (including phenoxy) is 1. The zero-order chi connectivity index (χ0) is 16.0. The van der Waals surface area contributed by atoms with Gasteiger partial charge in [-0.1, -0.05) is 57.0 Å². The molecule has 0 aromatic heterocycles. The van der Waals surface area contributed by atoms with E-state index in [9.17, 15) is 4.79 Å². The van der Waals surface area contributed by atoms with Gasteiger partial charge in [-0.15, -0.1) is 0 Å². The number of nitrogens with zero attached hydrogens (tertiary/aromatic N) is 1. The number of carbonyl (C=O) groups excluding carboxylic acids is 1. The summed E-state index contributed by atoms with van der Waals surface area (Å²) in [5.74, 6) is 0.0643. The molecule has 1 aromatic rings. The van der Waals surface area contributed by atoms with Gasteiger partial charge in [-0.3, -0.25) is 4.79 Å². The van der Waals surface area contributed by atoms with E-state index in [-0.39, 0.29) is 12.4 Å². The van der Waals surface area contributed by atoms with Crippen LogP contribution in [-0.2, 0) is 4.74 Å². The maximum absolute atomic E-state index is 11.9. The summed E-state index contributed by atoms with van der Waals surface area (Å²) in [5, 5.41) is 0. The van der Waals surface area contributed by atoms with Crippen molar-refractivity contribution in [3.8, 4) is 0 Å². The molecule has 0 aliphatic rings. The van der Waals surface area contributed by atoms with E-state index in [0.717, 1.165) is 18.5 Å². The van der Waals surface area contributed by atoms with E-state index in [2.05, 4.69) is 18.7 Å². The van der Waals surface area contributed by atoms with Crippen LogP contribution in [0.25, 0.3) is 0 Å². The SMILES string of the molecule is CCCCN(CCCC)CCCOCC(=O)c1ccccc1. The minimum absolute atomic E-state index is 0.0643. The molecule has 0 saturated carbocycles. The molecule has 1 rings (SSSR count). The van der Waals surface area contributed by atoms with Gasteiger partial charge >= 0.3 is 0 Å². The molecule has 124 valence electrons. The molecule has 1 aromatic carbocycles. The summed E-state index contributed by atoms with van der Waals surface area (Å²) in [4.78, 5) is 14.4. The molecule has 22 heavy (non-hydrogen) atoms. The lowest BCUT2D eigenvalue weighted by Crippen LogP contribution is -2.28. The second-order valence-electron chi connectivity index (χ2n) is 5.74. The molecule has 3 heteroatoms. The summed E-state index contributed by atoms with van der Waals surface area (Å²) >= 11 is 0. The summed E-state index contributed by atoms with van der Waals surface area (Å²) in [5.41, 5.74) is 0.731. The van der Waals surface area contributed by atoms with Crippen LogP contribution >= 0.6 is 0 Å². The molecule has 0 aliphatic carbocycles. The molecule has 0 amide bonds. The van der Waals surface area contributed by atoms with Crippen LogP contribution in [0.2, 0.25) is 0 Å². The Hall–Kier alpha value is -1.19. The molecule has 0 bridgehead atoms. The number of carbonyl (C=O) groups is 1. The Kier molecular flexibility index (Phi) is 10.6. The van der Waals surface area contributed by atoms with Gasteiger partial charge in [-0.25, -0.2) is 0 Å². The molecular formula is C19H31NO2. The highest BCUT2D eigenvalue weighted by Gasteiger charge is 2.06. The van der Waals surface area contributed by atoms with Crippen molar-refractivity contribution >= 4 is 5.78 Å². The number of ketones is 1. The zero-order valence-electron chi connectivity index (χ0n) is 14.2. The maximum atomic E-state index is 11.9. The molecule has 0 atom stereocenters. The Morgan fingerprint density at radius 2 is 1.55 bits per heavy atom. The first-order valence-electron chi connectivity index (χ1n) is 8.66. The first-order chi connectivity index (χ1) is 10.8. The fraction of sp³-hybridized carbons (Fsp3) is 0.632. The monoisotopic (exact) mass is 305 g/mol. The van der Waals surface area contributed by atoms with Gasteiger partial charge < -0.3 is 9.64 Å². The Morgan fingerprint density at radius 3 is 2.14 bits per heavy atom. The first kappa shape index (κ1) is 18.9. The summed E-state index contributed by atoms with van der Waals surface area (Å²) in [6.45, 7) is 8.74. The van der Waals surface area contributed by atoms with Crippen LogP contribution < -0.4 is 0 Å². The van der Waals surface area contributed by atoms with Crippen molar-refractivity contribution in [2.45, 2.75) is 46.0 Å². The number of unbranched alkanes of at least 4 members (excludes halogenated alkanes) is 2. The lowest BCUT2D eigenvalue weighted by molar-refractivity contribution is 0.0737. The molecule has 0 fully saturated rings. The summed E-state index contributed by atoms with van der Waals surface area (Å²) < 4.78 is 5.53. The first-order valence-corrected chi connectivity index (χ1v) is 8.66. The van der Waals surface area contributed by atoms with Crippen molar-refractivity contribution < 1.29 is 9.53 Å². The maximum Gasteiger partial charge on any atom is 0.188 e.